The first-order chi connectivity index (χ1) is 14.1. The molecule has 10 heteroatoms. The van der Waals surface area contributed by atoms with E-state index in [1.807, 2.05) is 0 Å². The number of nitrogens with zero attached hydrogens (tertiary/aromatic N) is 3. The first-order valence-electron chi connectivity index (χ1n) is 10.5. The van der Waals surface area contributed by atoms with Gasteiger partial charge in [0.1, 0.15) is 5.60 Å². The highest BCUT2D eigenvalue weighted by Crippen LogP contribution is 2.18. The zero-order valence-electron chi connectivity index (χ0n) is 18.3. The van der Waals surface area contributed by atoms with Gasteiger partial charge in [-0.3, -0.25) is 9.59 Å². The quantitative estimate of drug-likeness (QED) is 0.608. The average Bonchev–Trinajstić information content (AvgIpc) is 3.08. The lowest BCUT2D eigenvalue weighted by Crippen LogP contribution is -2.46. The number of piperidine rings is 1. The lowest BCUT2D eigenvalue weighted by Gasteiger charge is -2.32. The van der Waals surface area contributed by atoms with Crippen molar-refractivity contribution in [3.63, 3.8) is 0 Å². The number of rotatable bonds is 8. The van der Waals surface area contributed by atoms with Crippen LogP contribution in [0.25, 0.3) is 0 Å². The van der Waals surface area contributed by atoms with Gasteiger partial charge in [0, 0.05) is 39.0 Å². The van der Waals surface area contributed by atoms with Gasteiger partial charge < -0.3 is 24.8 Å². The molecule has 10 nitrogen and oxygen atoms in total. The molecule has 1 aromatic heterocycles. The molecule has 3 amide bonds. The van der Waals surface area contributed by atoms with Gasteiger partial charge in [-0.15, -0.1) is 0 Å². The molecule has 0 aliphatic carbocycles. The summed E-state index contributed by atoms with van der Waals surface area (Å²) in [5, 5.41) is 9.16. The number of hydrogen-bond acceptors (Lipinski definition) is 7. The third-order valence-corrected chi connectivity index (χ3v) is 4.59. The summed E-state index contributed by atoms with van der Waals surface area (Å²) in [6, 6.07) is 0. The number of alkyl carbamates (subject to hydrolysis) is 1. The molecule has 1 unspecified atom stereocenters. The second-order valence-electron chi connectivity index (χ2n) is 8.49. The van der Waals surface area contributed by atoms with Crippen LogP contribution in [-0.2, 0) is 20.7 Å². The normalized spacial score (nSPS) is 16.8. The minimum atomic E-state index is -0.560. The summed E-state index contributed by atoms with van der Waals surface area (Å²) in [5.74, 6) is 0.830. The Bertz CT molecular complexity index is 727. The summed E-state index contributed by atoms with van der Waals surface area (Å²) in [4.78, 5) is 42.4. The first kappa shape index (κ1) is 23.6. The largest absolute Gasteiger partial charge is 0.444 e. The Labute approximate surface area is 177 Å². The van der Waals surface area contributed by atoms with Crippen LogP contribution in [-0.4, -0.2) is 64.7 Å². The predicted molar refractivity (Wildman–Crippen MR) is 109 cm³/mol. The highest BCUT2D eigenvalue weighted by atomic mass is 16.6. The summed E-state index contributed by atoms with van der Waals surface area (Å²) < 4.78 is 10.2. The Morgan fingerprint density at radius 3 is 2.63 bits per heavy atom. The van der Waals surface area contributed by atoms with Gasteiger partial charge in [-0.05, 0) is 47.0 Å². The summed E-state index contributed by atoms with van der Waals surface area (Å²) >= 11 is 0. The zero-order chi connectivity index (χ0) is 22.1. The van der Waals surface area contributed by atoms with E-state index in [2.05, 4.69) is 20.8 Å². The third-order valence-electron chi connectivity index (χ3n) is 4.59. The van der Waals surface area contributed by atoms with Gasteiger partial charge in [-0.2, -0.15) is 4.98 Å². The Hall–Kier alpha value is -2.65. The molecule has 0 saturated carbocycles. The topological polar surface area (TPSA) is 127 Å². The number of likely N-dealkylation sites (tertiary alicyclic amines) is 1. The molecule has 0 spiro atoms. The number of amides is 3. The van der Waals surface area contributed by atoms with Gasteiger partial charge >= 0.3 is 6.09 Å². The van der Waals surface area contributed by atoms with E-state index in [0.29, 0.717) is 50.6 Å². The fourth-order valence-electron chi connectivity index (χ4n) is 3.22. The van der Waals surface area contributed by atoms with E-state index in [9.17, 15) is 14.4 Å². The van der Waals surface area contributed by atoms with Crippen LogP contribution in [0.2, 0.25) is 0 Å². The maximum absolute atomic E-state index is 12.5. The average molecular weight is 424 g/mol. The van der Waals surface area contributed by atoms with Crippen LogP contribution in [0.4, 0.5) is 4.79 Å². The number of carbonyl (C=O) groups excluding carboxylic acids is 3. The Kier molecular flexibility index (Phi) is 8.61. The van der Waals surface area contributed by atoms with Gasteiger partial charge in [-0.1, -0.05) is 5.16 Å². The summed E-state index contributed by atoms with van der Waals surface area (Å²) in [7, 11) is 0. The van der Waals surface area contributed by atoms with Gasteiger partial charge in [-0.25, -0.2) is 4.79 Å². The molecular weight excluding hydrogens is 390 g/mol. The van der Waals surface area contributed by atoms with Crippen molar-refractivity contribution >= 4 is 17.9 Å². The van der Waals surface area contributed by atoms with E-state index in [4.69, 9.17) is 9.26 Å². The highest BCUT2D eigenvalue weighted by molar-refractivity contribution is 5.81. The van der Waals surface area contributed by atoms with E-state index in [1.165, 1.54) is 0 Å². The highest BCUT2D eigenvalue weighted by Gasteiger charge is 2.28. The smallest absolute Gasteiger partial charge is 0.407 e. The second-order valence-corrected chi connectivity index (χ2v) is 8.49. The van der Waals surface area contributed by atoms with Crippen molar-refractivity contribution in [2.75, 3.05) is 26.2 Å². The number of ether oxygens (including phenoxy) is 1. The van der Waals surface area contributed by atoms with E-state index >= 15 is 0 Å². The molecule has 30 heavy (non-hydrogen) atoms. The van der Waals surface area contributed by atoms with Crippen molar-refractivity contribution in [2.45, 2.75) is 65.4 Å². The molecule has 1 aliphatic rings. The zero-order valence-corrected chi connectivity index (χ0v) is 18.3. The van der Waals surface area contributed by atoms with E-state index in [1.54, 1.807) is 32.6 Å². The van der Waals surface area contributed by atoms with Gasteiger partial charge in [0.2, 0.25) is 17.7 Å². The van der Waals surface area contributed by atoms with E-state index in [-0.39, 0.29) is 24.3 Å². The van der Waals surface area contributed by atoms with Gasteiger partial charge in [0.25, 0.3) is 0 Å². The lowest BCUT2D eigenvalue weighted by atomic mass is 9.96. The maximum Gasteiger partial charge on any atom is 0.407 e. The molecule has 1 fully saturated rings. The van der Waals surface area contributed by atoms with Crippen LogP contribution < -0.4 is 10.6 Å². The van der Waals surface area contributed by atoms with E-state index < -0.39 is 11.7 Å². The van der Waals surface area contributed by atoms with Crippen LogP contribution in [0.15, 0.2) is 4.52 Å². The summed E-state index contributed by atoms with van der Waals surface area (Å²) in [6.45, 7) is 8.80. The van der Waals surface area contributed by atoms with Crippen LogP contribution in [0.5, 0.6) is 0 Å². The minimum absolute atomic E-state index is 0.0373. The molecule has 0 aromatic carbocycles. The maximum atomic E-state index is 12.5. The Morgan fingerprint density at radius 1 is 1.23 bits per heavy atom. The standard InChI is InChI=1S/C20H33N5O5/c1-14-23-16(30-24-14)8-5-9-17(26)25-12-6-7-15(13-25)18(27)21-10-11-22-19(28)29-20(2,3)4/h15H,5-13H2,1-4H3,(H,21,27)(H,22,28). The summed E-state index contributed by atoms with van der Waals surface area (Å²) in [5.41, 5.74) is -0.560. The Balaban J connectivity index is 1.65. The molecule has 0 bridgehead atoms. The lowest BCUT2D eigenvalue weighted by molar-refractivity contribution is -0.135. The summed E-state index contributed by atoms with van der Waals surface area (Å²) in [6.07, 6.45) is 2.61. The van der Waals surface area contributed by atoms with Crippen molar-refractivity contribution in [1.82, 2.24) is 25.7 Å². The molecule has 1 saturated heterocycles. The third kappa shape index (κ3) is 8.38. The van der Waals surface area contributed by atoms with Crippen LogP contribution in [0, 0.1) is 12.8 Å². The molecule has 2 N–H and O–H groups in total. The van der Waals surface area contributed by atoms with E-state index in [0.717, 1.165) is 12.8 Å². The van der Waals surface area contributed by atoms with Gasteiger partial charge in [0.05, 0.1) is 5.92 Å². The molecule has 1 aromatic rings. The van der Waals surface area contributed by atoms with Gasteiger partial charge in [0.15, 0.2) is 5.82 Å². The van der Waals surface area contributed by atoms with Crippen molar-refractivity contribution in [3.8, 4) is 0 Å². The van der Waals surface area contributed by atoms with Crippen molar-refractivity contribution < 1.29 is 23.6 Å². The monoisotopic (exact) mass is 423 g/mol. The van der Waals surface area contributed by atoms with Crippen LogP contribution >= 0.6 is 0 Å². The predicted octanol–water partition coefficient (Wildman–Crippen LogP) is 1.58. The van der Waals surface area contributed by atoms with Crippen molar-refractivity contribution in [1.29, 1.82) is 0 Å². The molecule has 2 heterocycles. The second kappa shape index (κ2) is 10.9. The number of hydrogen-bond donors (Lipinski definition) is 2. The molecule has 0 radical (unpaired) electrons. The molecule has 2 rings (SSSR count). The van der Waals surface area contributed by atoms with Crippen molar-refractivity contribution in [3.05, 3.63) is 11.7 Å². The number of aryl methyl sites for hydroxylation is 2. The minimum Gasteiger partial charge on any atom is -0.444 e. The number of nitrogens with one attached hydrogen (secondary N) is 2. The SMILES string of the molecule is Cc1noc(CCCC(=O)N2CCCC(C(=O)NCCNC(=O)OC(C)(C)C)C2)n1. The number of carbonyl (C=O) groups is 3. The van der Waals surface area contributed by atoms with Crippen molar-refractivity contribution in [2.24, 2.45) is 5.92 Å². The molecular formula is C20H33N5O5. The fourth-order valence-corrected chi connectivity index (χ4v) is 3.22. The number of aromatic nitrogens is 2. The first-order valence-corrected chi connectivity index (χ1v) is 10.5. The van der Waals surface area contributed by atoms with Crippen LogP contribution in [0.3, 0.4) is 0 Å². The fraction of sp³-hybridized carbons (Fsp3) is 0.750. The molecule has 1 aliphatic heterocycles. The molecule has 1 atom stereocenters. The Morgan fingerprint density at radius 2 is 1.97 bits per heavy atom. The molecule has 168 valence electrons. The van der Waals surface area contributed by atoms with Crippen LogP contribution in [0.1, 0.15) is 58.2 Å².